The van der Waals surface area contributed by atoms with Crippen molar-refractivity contribution in [2.75, 3.05) is 20.2 Å². The van der Waals surface area contributed by atoms with Crippen molar-refractivity contribution in [2.45, 2.75) is 19.4 Å². The molecule has 0 spiro atoms. The smallest absolute Gasteiger partial charge is 0.307 e. The maximum absolute atomic E-state index is 13.7. The van der Waals surface area contributed by atoms with E-state index in [-0.39, 0.29) is 11.7 Å². The van der Waals surface area contributed by atoms with Crippen LogP contribution in [0.3, 0.4) is 0 Å². The Hall–Kier alpha value is -1.62. The number of benzene rings is 1. The SMILES string of the molecule is COc1ccc(F)c(CN2CCCC(C(=O)O)C2)c1. The second-order valence-electron chi connectivity index (χ2n) is 4.87. The molecule has 1 fully saturated rings. The first-order chi connectivity index (χ1) is 9.10. The van der Waals surface area contributed by atoms with Gasteiger partial charge in [0.25, 0.3) is 0 Å². The van der Waals surface area contributed by atoms with Crippen LogP contribution in [0.5, 0.6) is 5.75 Å². The standard InChI is InChI=1S/C14H18FNO3/c1-19-12-4-5-13(15)11(7-12)9-16-6-2-3-10(8-16)14(17)18/h4-5,7,10H,2-3,6,8-9H2,1H3,(H,17,18). The van der Waals surface area contributed by atoms with Crippen LogP contribution in [0, 0.1) is 11.7 Å². The molecule has 1 aliphatic heterocycles. The number of carboxylic acids is 1. The van der Waals surface area contributed by atoms with E-state index in [1.807, 2.05) is 4.90 Å². The Labute approximate surface area is 111 Å². The Morgan fingerprint density at radius 2 is 2.37 bits per heavy atom. The molecule has 0 aliphatic carbocycles. The molecule has 1 atom stereocenters. The lowest BCUT2D eigenvalue weighted by Gasteiger charge is -2.30. The molecule has 19 heavy (non-hydrogen) atoms. The third-order valence-corrected chi connectivity index (χ3v) is 3.50. The minimum Gasteiger partial charge on any atom is -0.497 e. The monoisotopic (exact) mass is 267 g/mol. The van der Waals surface area contributed by atoms with Crippen molar-refractivity contribution < 1.29 is 19.0 Å². The Morgan fingerprint density at radius 3 is 3.05 bits per heavy atom. The zero-order valence-electron chi connectivity index (χ0n) is 10.9. The fraction of sp³-hybridized carbons (Fsp3) is 0.500. The molecule has 0 aromatic heterocycles. The van der Waals surface area contributed by atoms with Gasteiger partial charge in [-0.2, -0.15) is 0 Å². The van der Waals surface area contributed by atoms with E-state index in [1.165, 1.54) is 6.07 Å². The predicted octanol–water partition coefficient (Wildman–Crippen LogP) is 2.13. The molecule has 0 saturated carbocycles. The van der Waals surface area contributed by atoms with Gasteiger partial charge in [0.1, 0.15) is 11.6 Å². The summed E-state index contributed by atoms with van der Waals surface area (Å²) in [4.78, 5) is 13.0. The first-order valence-electron chi connectivity index (χ1n) is 6.37. The van der Waals surface area contributed by atoms with E-state index in [0.717, 1.165) is 13.0 Å². The first kappa shape index (κ1) is 13.8. The average molecular weight is 267 g/mol. The van der Waals surface area contributed by atoms with Crippen LogP contribution in [0.1, 0.15) is 18.4 Å². The van der Waals surface area contributed by atoms with Crippen LogP contribution in [0.2, 0.25) is 0 Å². The molecule has 1 aliphatic rings. The van der Waals surface area contributed by atoms with Crippen molar-refractivity contribution in [1.82, 2.24) is 4.90 Å². The number of halogens is 1. The second kappa shape index (κ2) is 6.02. The highest BCUT2D eigenvalue weighted by atomic mass is 19.1. The van der Waals surface area contributed by atoms with Crippen LogP contribution >= 0.6 is 0 Å². The van der Waals surface area contributed by atoms with Gasteiger partial charge in [0.2, 0.25) is 0 Å². The average Bonchev–Trinajstić information content (AvgIpc) is 2.41. The van der Waals surface area contributed by atoms with Crippen LogP contribution in [0.4, 0.5) is 4.39 Å². The number of hydrogen-bond acceptors (Lipinski definition) is 3. The molecule has 1 aromatic carbocycles. The van der Waals surface area contributed by atoms with Crippen molar-refractivity contribution in [1.29, 1.82) is 0 Å². The number of aliphatic carboxylic acids is 1. The predicted molar refractivity (Wildman–Crippen MR) is 68.6 cm³/mol. The van der Waals surface area contributed by atoms with Gasteiger partial charge in [0.05, 0.1) is 13.0 Å². The van der Waals surface area contributed by atoms with E-state index in [4.69, 9.17) is 9.84 Å². The van der Waals surface area contributed by atoms with E-state index >= 15 is 0 Å². The normalized spacial score (nSPS) is 20.2. The Morgan fingerprint density at radius 1 is 1.58 bits per heavy atom. The number of rotatable bonds is 4. The molecular weight excluding hydrogens is 249 g/mol. The summed E-state index contributed by atoms with van der Waals surface area (Å²) in [6, 6.07) is 4.63. The van der Waals surface area contributed by atoms with Gasteiger partial charge >= 0.3 is 5.97 Å². The van der Waals surface area contributed by atoms with E-state index < -0.39 is 5.97 Å². The van der Waals surface area contributed by atoms with Gasteiger partial charge in [0, 0.05) is 18.7 Å². The molecule has 1 aromatic rings. The Balaban J connectivity index is 2.06. The molecule has 4 nitrogen and oxygen atoms in total. The quantitative estimate of drug-likeness (QED) is 0.908. The van der Waals surface area contributed by atoms with Gasteiger partial charge in [-0.1, -0.05) is 0 Å². The fourth-order valence-corrected chi connectivity index (χ4v) is 2.44. The van der Waals surface area contributed by atoms with Crippen LogP contribution in [0.15, 0.2) is 18.2 Å². The Bertz CT molecular complexity index is 464. The highest BCUT2D eigenvalue weighted by molar-refractivity contribution is 5.70. The van der Waals surface area contributed by atoms with Gasteiger partial charge in [0.15, 0.2) is 0 Å². The van der Waals surface area contributed by atoms with Crippen molar-refractivity contribution in [3.05, 3.63) is 29.6 Å². The molecule has 0 radical (unpaired) electrons. The summed E-state index contributed by atoms with van der Waals surface area (Å²) in [7, 11) is 1.54. The van der Waals surface area contributed by atoms with Crippen molar-refractivity contribution in [2.24, 2.45) is 5.92 Å². The molecule has 2 rings (SSSR count). The van der Waals surface area contributed by atoms with Crippen molar-refractivity contribution >= 4 is 5.97 Å². The molecule has 1 unspecified atom stereocenters. The van der Waals surface area contributed by atoms with Gasteiger partial charge in [-0.15, -0.1) is 0 Å². The molecule has 5 heteroatoms. The number of methoxy groups -OCH3 is 1. The van der Waals surface area contributed by atoms with E-state index in [0.29, 0.717) is 30.8 Å². The Kier molecular flexibility index (Phi) is 4.37. The number of carboxylic acid groups (broad SMARTS) is 1. The maximum atomic E-state index is 13.7. The van der Waals surface area contributed by atoms with Gasteiger partial charge in [-0.05, 0) is 37.6 Å². The summed E-state index contributed by atoms with van der Waals surface area (Å²) >= 11 is 0. The minimum atomic E-state index is -0.768. The van der Waals surface area contributed by atoms with Crippen molar-refractivity contribution in [3.63, 3.8) is 0 Å². The molecular formula is C14H18FNO3. The number of nitrogens with zero attached hydrogens (tertiary/aromatic N) is 1. The summed E-state index contributed by atoms with van der Waals surface area (Å²) in [5, 5.41) is 9.04. The highest BCUT2D eigenvalue weighted by Crippen LogP contribution is 2.22. The van der Waals surface area contributed by atoms with Crippen LogP contribution in [-0.4, -0.2) is 36.2 Å². The van der Waals surface area contributed by atoms with E-state index in [9.17, 15) is 9.18 Å². The summed E-state index contributed by atoms with van der Waals surface area (Å²) < 4.78 is 18.8. The third kappa shape index (κ3) is 3.44. The van der Waals surface area contributed by atoms with Gasteiger partial charge in [-0.3, -0.25) is 9.69 Å². The summed E-state index contributed by atoms with van der Waals surface area (Å²) in [6.45, 7) is 1.71. The minimum absolute atomic E-state index is 0.279. The molecule has 0 amide bonds. The second-order valence-corrected chi connectivity index (χ2v) is 4.87. The zero-order valence-corrected chi connectivity index (χ0v) is 10.9. The van der Waals surface area contributed by atoms with Crippen LogP contribution in [0.25, 0.3) is 0 Å². The summed E-state index contributed by atoms with van der Waals surface area (Å²) in [5.74, 6) is -0.778. The lowest BCUT2D eigenvalue weighted by molar-refractivity contribution is -0.143. The molecule has 1 N–H and O–H groups in total. The fourth-order valence-electron chi connectivity index (χ4n) is 2.44. The molecule has 1 saturated heterocycles. The third-order valence-electron chi connectivity index (χ3n) is 3.50. The molecule has 104 valence electrons. The van der Waals surface area contributed by atoms with Gasteiger partial charge in [-0.25, -0.2) is 4.39 Å². The van der Waals surface area contributed by atoms with Crippen LogP contribution < -0.4 is 4.74 Å². The molecule has 0 bridgehead atoms. The van der Waals surface area contributed by atoms with Crippen molar-refractivity contribution in [3.8, 4) is 5.75 Å². The number of carbonyl (C=O) groups is 1. The van der Waals surface area contributed by atoms with E-state index in [1.54, 1.807) is 19.2 Å². The number of hydrogen-bond donors (Lipinski definition) is 1. The number of likely N-dealkylation sites (tertiary alicyclic amines) is 1. The zero-order chi connectivity index (χ0) is 13.8. The topological polar surface area (TPSA) is 49.8 Å². The van der Waals surface area contributed by atoms with Crippen LogP contribution in [-0.2, 0) is 11.3 Å². The lowest BCUT2D eigenvalue weighted by atomic mass is 9.98. The lowest BCUT2D eigenvalue weighted by Crippen LogP contribution is -2.38. The highest BCUT2D eigenvalue weighted by Gasteiger charge is 2.25. The van der Waals surface area contributed by atoms with E-state index in [2.05, 4.69) is 0 Å². The summed E-state index contributed by atoms with van der Waals surface area (Å²) in [6.07, 6.45) is 1.54. The number of ether oxygens (including phenoxy) is 1. The molecule has 1 heterocycles. The number of piperidine rings is 1. The van der Waals surface area contributed by atoms with Gasteiger partial charge < -0.3 is 9.84 Å². The largest absolute Gasteiger partial charge is 0.497 e. The summed E-state index contributed by atoms with van der Waals surface area (Å²) in [5.41, 5.74) is 0.547. The maximum Gasteiger partial charge on any atom is 0.307 e. The first-order valence-corrected chi connectivity index (χ1v) is 6.37.